The molecule has 0 aliphatic rings. The summed E-state index contributed by atoms with van der Waals surface area (Å²) in [7, 11) is 1.54. The molecule has 0 bridgehead atoms. The van der Waals surface area contributed by atoms with E-state index in [2.05, 4.69) is 20.0 Å². The Morgan fingerprint density at radius 2 is 1.59 bits per heavy atom. The van der Waals surface area contributed by atoms with Gasteiger partial charge in [0.25, 0.3) is 0 Å². The lowest BCUT2D eigenvalue weighted by atomic mass is 10.2. The number of aromatic nitrogens is 2. The molecule has 27 heavy (non-hydrogen) atoms. The van der Waals surface area contributed by atoms with Gasteiger partial charge in [0.15, 0.2) is 5.76 Å². The molecule has 0 amide bonds. The molecule has 0 radical (unpaired) electrons. The van der Waals surface area contributed by atoms with Crippen molar-refractivity contribution < 1.29 is 27.1 Å². The van der Waals surface area contributed by atoms with Crippen LogP contribution in [0.5, 0.6) is 11.5 Å². The molecule has 0 aliphatic carbocycles. The van der Waals surface area contributed by atoms with Crippen LogP contribution in [0.25, 0.3) is 11.3 Å². The third-order valence-electron chi connectivity index (χ3n) is 3.09. The van der Waals surface area contributed by atoms with Gasteiger partial charge in [0.2, 0.25) is 0 Å². The first-order chi connectivity index (χ1) is 12.9. The van der Waals surface area contributed by atoms with Crippen LogP contribution in [0.1, 0.15) is 13.8 Å². The van der Waals surface area contributed by atoms with Crippen molar-refractivity contribution in [1.82, 2.24) is 9.97 Å². The number of alkyl halides is 3. The van der Waals surface area contributed by atoms with Crippen LogP contribution in [0.3, 0.4) is 0 Å². The van der Waals surface area contributed by atoms with E-state index in [9.17, 15) is 13.2 Å². The number of oxazole rings is 1. The molecule has 144 valence electrons. The zero-order valence-electron chi connectivity index (χ0n) is 14.9. The van der Waals surface area contributed by atoms with E-state index < -0.39 is 6.36 Å². The lowest BCUT2D eigenvalue weighted by Gasteiger charge is -2.08. The molecule has 0 spiro atoms. The van der Waals surface area contributed by atoms with Crippen molar-refractivity contribution >= 4 is 11.8 Å². The van der Waals surface area contributed by atoms with E-state index in [1.165, 1.54) is 43.8 Å². The maximum Gasteiger partial charge on any atom is 0.573 e. The largest absolute Gasteiger partial charge is 0.573 e. The fourth-order valence-electron chi connectivity index (χ4n) is 1.97. The molecule has 9 heteroatoms. The minimum absolute atomic E-state index is 0.197. The zero-order valence-corrected chi connectivity index (χ0v) is 14.9. The van der Waals surface area contributed by atoms with E-state index in [4.69, 9.17) is 9.15 Å². The van der Waals surface area contributed by atoms with Gasteiger partial charge in [-0.3, -0.25) is 5.32 Å². The standard InChI is InChI=1S/C16H12F3N3O3.C2H6/c1-23-12-6-7-14(20-8-12)22-15-21-9-13(24-15)10-2-4-11(5-3-10)25-16(17,18)19;1-2/h2-9H,1H3,(H,20,21,22);1-2H3. The highest BCUT2D eigenvalue weighted by molar-refractivity contribution is 5.59. The third-order valence-corrected chi connectivity index (χ3v) is 3.09. The highest BCUT2D eigenvalue weighted by Gasteiger charge is 2.31. The molecule has 1 N–H and O–H groups in total. The van der Waals surface area contributed by atoms with Crippen molar-refractivity contribution in [2.24, 2.45) is 0 Å². The summed E-state index contributed by atoms with van der Waals surface area (Å²) < 4.78 is 50.8. The van der Waals surface area contributed by atoms with Crippen molar-refractivity contribution in [2.45, 2.75) is 20.2 Å². The average Bonchev–Trinajstić information content (AvgIpc) is 3.12. The number of hydrogen-bond acceptors (Lipinski definition) is 6. The van der Waals surface area contributed by atoms with Crippen LogP contribution >= 0.6 is 0 Å². The van der Waals surface area contributed by atoms with Crippen LogP contribution < -0.4 is 14.8 Å². The van der Waals surface area contributed by atoms with Gasteiger partial charge >= 0.3 is 12.4 Å². The molecule has 0 fully saturated rings. The summed E-state index contributed by atoms with van der Waals surface area (Å²) in [6.45, 7) is 4.00. The second kappa shape index (κ2) is 8.93. The predicted molar refractivity (Wildman–Crippen MR) is 94.0 cm³/mol. The maximum atomic E-state index is 12.2. The third kappa shape index (κ3) is 5.91. The van der Waals surface area contributed by atoms with Crippen LogP contribution in [-0.4, -0.2) is 23.4 Å². The highest BCUT2D eigenvalue weighted by Crippen LogP contribution is 2.28. The summed E-state index contributed by atoms with van der Waals surface area (Å²) in [6, 6.07) is 8.88. The number of benzene rings is 1. The van der Waals surface area contributed by atoms with E-state index >= 15 is 0 Å². The van der Waals surface area contributed by atoms with Gasteiger partial charge in [0.05, 0.1) is 19.5 Å². The van der Waals surface area contributed by atoms with Crippen LogP contribution in [0.2, 0.25) is 0 Å². The summed E-state index contributed by atoms with van der Waals surface area (Å²) in [4.78, 5) is 8.17. The van der Waals surface area contributed by atoms with Crippen molar-refractivity contribution in [1.29, 1.82) is 0 Å². The molecular weight excluding hydrogens is 363 g/mol. The van der Waals surface area contributed by atoms with Gasteiger partial charge in [-0.15, -0.1) is 13.2 Å². The number of anilines is 2. The van der Waals surface area contributed by atoms with Crippen LogP contribution in [0.4, 0.5) is 25.0 Å². The first kappa shape index (κ1) is 20.1. The van der Waals surface area contributed by atoms with Crippen LogP contribution in [0, 0.1) is 0 Å². The summed E-state index contributed by atoms with van der Waals surface area (Å²) in [5, 5.41) is 2.87. The molecular formula is C18H18F3N3O3. The average molecular weight is 381 g/mol. The van der Waals surface area contributed by atoms with Crippen molar-refractivity contribution in [3.63, 3.8) is 0 Å². The lowest BCUT2D eigenvalue weighted by Crippen LogP contribution is -2.16. The molecule has 0 saturated heterocycles. The number of pyridine rings is 1. The minimum atomic E-state index is -4.73. The Morgan fingerprint density at radius 1 is 0.926 bits per heavy atom. The Hall–Kier alpha value is -3.23. The monoisotopic (exact) mass is 381 g/mol. The van der Waals surface area contributed by atoms with Gasteiger partial charge in [-0.1, -0.05) is 13.8 Å². The quantitative estimate of drug-likeness (QED) is 0.637. The first-order valence-electron chi connectivity index (χ1n) is 8.02. The number of halogens is 3. The molecule has 3 rings (SSSR count). The predicted octanol–water partition coefficient (Wildman–Crippen LogP) is 5.41. The highest BCUT2D eigenvalue weighted by atomic mass is 19.4. The Bertz CT molecular complexity index is 832. The molecule has 0 saturated carbocycles. The van der Waals surface area contributed by atoms with Gasteiger partial charge < -0.3 is 13.9 Å². The number of rotatable bonds is 5. The minimum Gasteiger partial charge on any atom is -0.495 e. The molecule has 0 unspecified atom stereocenters. The maximum absolute atomic E-state index is 12.2. The number of ether oxygens (including phenoxy) is 2. The topological polar surface area (TPSA) is 69.4 Å². The first-order valence-corrected chi connectivity index (χ1v) is 8.02. The van der Waals surface area contributed by atoms with Crippen molar-refractivity contribution in [2.75, 3.05) is 12.4 Å². The summed E-state index contributed by atoms with van der Waals surface area (Å²) in [5.41, 5.74) is 0.553. The van der Waals surface area contributed by atoms with Crippen molar-refractivity contribution in [3.8, 4) is 22.8 Å². The Balaban J connectivity index is 0.00000126. The number of nitrogens with zero attached hydrogens (tertiary/aromatic N) is 2. The Labute approximate surface area is 154 Å². The molecule has 1 aromatic carbocycles. The normalized spacial score (nSPS) is 10.6. The lowest BCUT2D eigenvalue weighted by molar-refractivity contribution is -0.274. The number of nitrogens with one attached hydrogen (secondary N) is 1. The van der Waals surface area contributed by atoms with Gasteiger partial charge in [-0.2, -0.15) is 0 Å². The second-order valence-electron chi connectivity index (χ2n) is 4.81. The molecule has 0 atom stereocenters. The van der Waals surface area contributed by atoms with E-state index in [1.807, 2.05) is 13.8 Å². The smallest absolute Gasteiger partial charge is 0.495 e. The van der Waals surface area contributed by atoms with E-state index in [0.29, 0.717) is 22.9 Å². The van der Waals surface area contributed by atoms with Crippen LogP contribution in [-0.2, 0) is 0 Å². The van der Waals surface area contributed by atoms with Gasteiger partial charge in [0.1, 0.15) is 17.3 Å². The SMILES string of the molecule is CC.COc1ccc(Nc2ncc(-c3ccc(OC(F)(F)F)cc3)o2)nc1. The molecule has 0 aliphatic heterocycles. The fourth-order valence-corrected chi connectivity index (χ4v) is 1.97. The number of methoxy groups -OCH3 is 1. The molecule has 6 nitrogen and oxygen atoms in total. The molecule has 2 heterocycles. The summed E-state index contributed by atoms with van der Waals surface area (Å²) in [5.74, 6) is 1.19. The molecule has 2 aromatic heterocycles. The van der Waals surface area contributed by atoms with Gasteiger partial charge in [-0.25, -0.2) is 9.97 Å². The summed E-state index contributed by atoms with van der Waals surface area (Å²) in [6.07, 6.45) is -1.74. The Kier molecular flexibility index (Phi) is 6.64. The van der Waals surface area contributed by atoms with E-state index in [1.54, 1.807) is 12.1 Å². The molecule has 3 aromatic rings. The Morgan fingerprint density at radius 3 is 2.15 bits per heavy atom. The van der Waals surface area contributed by atoms with Gasteiger partial charge in [-0.05, 0) is 36.4 Å². The second-order valence-corrected chi connectivity index (χ2v) is 4.81. The van der Waals surface area contributed by atoms with Gasteiger partial charge in [0, 0.05) is 5.56 Å². The fraction of sp³-hybridized carbons (Fsp3) is 0.222. The van der Waals surface area contributed by atoms with E-state index in [0.717, 1.165) is 0 Å². The van der Waals surface area contributed by atoms with Crippen LogP contribution in [0.15, 0.2) is 53.2 Å². The van der Waals surface area contributed by atoms with Crippen molar-refractivity contribution in [3.05, 3.63) is 48.8 Å². The van der Waals surface area contributed by atoms with E-state index in [-0.39, 0.29) is 11.8 Å². The number of hydrogen-bond donors (Lipinski definition) is 1. The summed E-state index contributed by atoms with van der Waals surface area (Å²) >= 11 is 0. The zero-order chi connectivity index (χ0) is 19.9.